The van der Waals surface area contributed by atoms with Crippen molar-refractivity contribution in [2.24, 2.45) is 0 Å². The molecule has 0 aliphatic carbocycles. The van der Waals surface area contributed by atoms with Gasteiger partial charge in [-0.3, -0.25) is 0 Å². The highest BCUT2D eigenvalue weighted by molar-refractivity contribution is 7.44. The van der Waals surface area contributed by atoms with Crippen LogP contribution >= 0.6 is 24.3 Å². The quantitative estimate of drug-likeness (QED) is 0.723. The van der Waals surface area contributed by atoms with E-state index in [2.05, 4.69) is 4.52 Å². The van der Waals surface area contributed by atoms with Crippen LogP contribution in [0.25, 0.3) is 0 Å². The zero-order valence-corrected chi connectivity index (χ0v) is 12.0. The fourth-order valence-electron chi connectivity index (χ4n) is 0.572. The monoisotopic (exact) mass is 291 g/mol. The molecular formula is C6H14O7P3+3. The summed E-state index contributed by atoms with van der Waals surface area (Å²) < 4.78 is 42.3. The van der Waals surface area contributed by atoms with Crippen molar-refractivity contribution in [2.75, 3.05) is 0 Å². The summed E-state index contributed by atoms with van der Waals surface area (Å²) in [7, 11) is -8.15. The van der Waals surface area contributed by atoms with Crippen LogP contribution in [0.15, 0.2) is 0 Å². The Morgan fingerprint density at radius 2 is 1.31 bits per heavy atom. The Hall–Kier alpha value is 0.140. The second kappa shape index (κ2) is 5.65. The average Bonchev–Trinajstić information content (AvgIpc) is 1.99. The molecule has 0 aromatic rings. The van der Waals surface area contributed by atoms with Crippen LogP contribution in [-0.2, 0) is 22.7 Å². The molecule has 3 unspecified atom stereocenters. The third-order valence-corrected chi connectivity index (χ3v) is 5.01. The van der Waals surface area contributed by atoms with Gasteiger partial charge in [-0.2, -0.15) is 4.89 Å². The van der Waals surface area contributed by atoms with Gasteiger partial charge in [0.15, 0.2) is 0 Å². The Bertz CT molecular complexity index is 324. The van der Waals surface area contributed by atoms with Crippen molar-refractivity contribution < 1.29 is 32.5 Å². The first-order valence-corrected chi connectivity index (χ1v) is 7.69. The zero-order chi connectivity index (χ0) is 13.1. The SMILES string of the molecule is CC(C)(O[P+](=O)C(C)(C)O[P+](=O)O)[P+](=O)O. The third-order valence-electron chi connectivity index (χ3n) is 1.51. The van der Waals surface area contributed by atoms with E-state index >= 15 is 0 Å². The molecule has 0 aromatic heterocycles. The topological polar surface area (TPSA) is 110 Å². The summed E-state index contributed by atoms with van der Waals surface area (Å²) in [4.78, 5) is 17.4. The molecule has 7 nitrogen and oxygen atoms in total. The molecule has 0 amide bonds. The van der Waals surface area contributed by atoms with Crippen LogP contribution in [0.1, 0.15) is 27.7 Å². The normalized spacial score (nSPS) is 15.8. The highest BCUT2D eigenvalue weighted by Gasteiger charge is 2.58. The number of rotatable bonds is 6. The molecule has 0 spiro atoms. The molecule has 16 heavy (non-hydrogen) atoms. The van der Waals surface area contributed by atoms with Gasteiger partial charge in [0, 0.05) is 32.3 Å². The molecule has 0 saturated heterocycles. The molecule has 10 heteroatoms. The molecule has 0 aliphatic heterocycles. The average molecular weight is 291 g/mol. The van der Waals surface area contributed by atoms with Crippen LogP contribution < -0.4 is 0 Å². The molecule has 0 aromatic carbocycles. The second-order valence-electron chi connectivity index (χ2n) is 3.84. The van der Waals surface area contributed by atoms with E-state index in [-0.39, 0.29) is 0 Å². The molecule has 0 bridgehead atoms. The van der Waals surface area contributed by atoms with E-state index in [0.29, 0.717) is 0 Å². The fraction of sp³-hybridized carbons (Fsp3) is 1.00. The summed E-state index contributed by atoms with van der Waals surface area (Å²) in [5.74, 6) is 0. The van der Waals surface area contributed by atoms with E-state index in [0.717, 1.165) is 0 Å². The first-order chi connectivity index (χ1) is 6.99. The van der Waals surface area contributed by atoms with Crippen LogP contribution in [0.2, 0.25) is 0 Å². The van der Waals surface area contributed by atoms with Gasteiger partial charge in [0.2, 0.25) is 0 Å². The van der Waals surface area contributed by atoms with Crippen molar-refractivity contribution in [3.63, 3.8) is 0 Å². The van der Waals surface area contributed by atoms with Gasteiger partial charge < -0.3 is 0 Å². The molecule has 2 N–H and O–H groups in total. The molecule has 0 saturated carbocycles. The molecule has 0 heterocycles. The van der Waals surface area contributed by atoms with Gasteiger partial charge in [-0.1, -0.05) is 9.05 Å². The zero-order valence-electron chi connectivity index (χ0n) is 9.28. The standard InChI is InChI=1S/C6H12O7P3/c1-5(2,14(7)8)12-15(9)6(3,4)13-16(10)11/h1-4H3/q+1/p+2. The lowest BCUT2D eigenvalue weighted by Gasteiger charge is -2.07. The lowest BCUT2D eigenvalue weighted by atomic mass is 10.5. The lowest BCUT2D eigenvalue weighted by molar-refractivity contribution is 0.131. The molecule has 0 radical (unpaired) electrons. The van der Waals surface area contributed by atoms with E-state index in [1.54, 1.807) is 0 Å². The molecule has 92 valence electrons. The molecular weight excluding hydrogens is 277 g/mol. The first-order valence-electron chi connectivity index (χ1n) is 4.17. The summed E-state index contributed by atoms with van der Waals surface area (Å²) in [6, 6.07) is 0. The van der Waals surface area contributed by atoms with Crippen LogP contribution in [-0.4, -0.2) is 20.5 Å². The summed E-state index contributed by atoms with van der Waals surface area (Å²) in [5, 5.41) is -3.02. The maximum atomic E-state index is 11.6. The van der Waals surface area contributed by atoms with Crippen molar-refractivity contribution in [1.82, 2.24) is 0 Å². The Labute approximate surface area is 95.8 Å². The molecule has 0 rings (SSSR count). The number of hydrogen-bond acceptors (Lipinski definition) is 5. The van der Waals surface area contributed by atoms with Gasteiger partial charge in [0.25, 0.3) is 0 Å². The van der Waals surface area contributed by atoms with Gasteiger partial charge in [-0.05, 0) is 9.13 Å². The van der Waals surface area contributed by atoms with Gasteiger partial charge in [0.1, 0.15) is 0 Å². The summed E-state index contributed by atoms with van der Waals surface area (Å²) in [5.41, 5.74) is 0. The molecule has 0 aliphatic rings. The Kier molecular flexibility index (Phi) is 5.70. The minimum Gasteiger partial charge on any atom is -0.158 e. The predicted molar refractivity (Wildman–Crippen MR) is 57.6 cm³/mol. The summed E-state index contributed by atoms with van der Waals surface area (Å²) in [6.45, 7) is 5.15. The maximum Gasteiger partial charge on any atom is 0.699 e. The first kappa shape index (κ1) is 16.1. The van der Waals surface area contributed by atoms with E-state index < -0.39 is 35.0 Å². The summed E-state index contributed by atoms with van der Waals surface area (Å²) >= 11 is 0. The van der Waals surface area contributed by atoms with E-state index in [1.807, 2.05) is 0 Å². The lowest BCUT2D eigenvalue weighted by Crippen LogP contribution is -2.23. The van der Waals surface area contributed by atoms with Crippen LogP contribution in [0, 0.1) is 0 Å². The minimum absolute atomic E-state index is 1.29. The maximum absolute atomic E-state index is 11.6. The third kappa shape index (κ3) is 4.98. The number of hydrogen-bond donors (Lipinski definition) is 2. The van der Waals surface area contributed by atoms with Gasteiger partial charge in [-0.15, -0.1) is 4.89 Å². The smallest absolute Gasteiger partial charge is 0.158 e. The van der Waals surface area contributed by atoms with E-state index in [1.165, 1.54) is 27.7 Å². The molecule has 3 atom stereocenters. The van der Waals surface area contributed by atoms with E-state index in [4.69, 9.17) is 14.3 Å². The Balaban J connectivity index is 4.70. The second-order valence-corrected chi connectivity index (χ2v) is 7.90. The van der Waals surface area contributed by atoms with Gasteiger partial charge in [0.05, 0.1) is 0 Å². The molecule has 0 fully saturated rings. The Morgan fingerprint density at radius 3 is 1.62 bits per heavy atom. The Morgan fingerprint density at radius 1 is 0.875 bits per heavy atom. The summed E-state index contributed by atoms with van der Waals surface area (Å²) in [6.07, 6.45) is 0. The minimum atomic E-state index is -2.93. The highest BCUT2D eigenvalue weighted by atomic mass is 31.1. The van der Waals surface area contributed by atoms with Crippen molar-refractivity contribution in [2.45, 2.75) is 38.4 Å². The van der Waals surface area contributed by atoms with Gasteiger partial charge >= 0.3 is 35.0 Å². The highest BCUT2D eigenvalue weighted by Crippen LogP contribution is 2.51. The van der Waals surface area contributed by atoms with E-state index in [9.17, 15) is 13.7 Å². The van der Waals surface area contributed by atoms with Gasteiger partial charge in [-0.25, -0.2) is 0 Å². The van der Waals surface area contributed by atoms with Crippen molar-refractivity contribution >= 4 is 24.3 Å². The van der Waals surface area contributed by atoms with Crippen LogP contribution in [0.3, 0.4) is 0 Å². The van der Waals surface area contributed by atoms with Crippen molar-refractivity contribution in [3.05, 3.63) is 0 Å². The largest absolute Gasteiger partial charge is 0.699 e. The van der Waals surface area contributed by atoms with Crippen molar-refractivity contribution in [3.8, 4) is 0 Å². The van der Waals surface area contributed by atoms with Crippen LogP contribution in [0.5, 0.6) is 0 Å². The van der Waals surface area contributed by atoms with Crippen molar-refractivity contribution in [1.29, 1.82) is 0 Å². The predicted octanol–water partition coefficient (Wildman–Crippen LogP) is 2.62. The fourth-order valence-corrected chi connectivity index (χ4v) is 2.56. The van der Waals surface area contributed by atoms with Crippen LogP contribution in [0.4, 0.5) is 0 Å².